The smallest absolute Gasteiger partial charge is 0.0868 e. The second-order valence-corrected chi connectivity index (χ2v) is 4.87. The van der Waals surface area contributed by atoms with Crippen molar-refractivity contribution in [3.8, 4) is 11.3 Å². The highest BCUT2D eigenvalue weighted by molar-refractivity contribution is 5.71. The minimum Gasteiger partial charge on any atom is -0.373 e. The predicted molar refractivity (Wildman–Crippen MR) is 66.9 cm³/mol. The molecule has 0 radical (unpaired) electrons. The number of hydrogen-bond acceptors (Lipinski definition) is 1. The Labute approximate surface area is 101 Å². The molecule has 0 unspecified atom stereocenters. The predicted octanol–water partition coefficient (Wildman–Crippen LogP) is 2.78. The lowest BCUT2D eigenvalue weighted by Gasteiger charge is -2.22. The van der Waals surface area contributed by atoms with E-state index in [1.54, 1.807) is 0 Å². The van der Waals surface area contributed by atoms with Crippen molar-refractivity contribution in [2.75, 3.05) is 6.61 Å². The van der Waals surface area contributed by atoms with E-state index in [0.717, 1.165) is 19.8 Å². The molecule has 0 N–H and O–H groups in total. The van der Waals surface area contributed by atoms with Gasteiger partial charge in [0.2, 0.25) is 0 Å². The molecule has 2 aromatic rings. The van der Waals surface area contributed by atoms with Gasteiger partial charge in [0.05, 0.1) is 18.9 Å². The van der Waals surface area contributed by atoms with Crippen molar-refractivity contribution in [2.24, 2.45) is 0 Å². The standard InChI is InChI=1S/C15H15NO/c1-2-4-14-11(3-1)5-6-12-9-13-10-17-8-7-16(13)15(12)14/h1-4,9H,5-8,10H2. The van der Waals surface area contributed by atoms with Gasteiger partial charge >= 0.3 is 0 Å². The average molecular weight is 225 g/mol. The highest BCUT2D eigenvalue weighted by Gasteiger charge is 2.23. The van der Waals surface area contributed by atoms with Gasteiger partial charge in [-0.25, -0.2) is 0 Å². The van der Waals surface area contributed by atoms with Crippen molar-refractivity contribution >= 4 is 0 Å². The maximum absolute atomic E-state index is 5.54. The molecule has 1 aliphatic heterocycles. The van der Waals surface area contributed by atoms with Crippen LogP contribution in [0.15, 0.2) is 30.3 Å². The van der Waals surface area contributed by atoms with Gasteiger partial charge < -0.3 is 9.30 Å². The first-order valence-electron chi connectivity index (χ1n) is 6.31. The fourth-order valence-corrected chi connectivity index (χ4v) is 3.12. The second-order valence-electron chi connectivity index (χ2n) is 4.87. The summed E-state index contributed by atoms with van der Waals surface area (Å²) in [5.41, 5.74) is 7.22. The first kappa shape index (κ1) is 9.49. The van der Waals surface area contributed by atoms with Gasteiger partial charge in [-0.1, -0.05) is 24.3 Å². The summed E-state index contributed by atoms with van der Waals surface area (Å²) in [4.78, 5) is 0. The molecule has 2 aliphatic rings. The Kier molecular flexibility index (Phi) is 1.94. The Hall–Kier alpha value is -1.54. The van der Waals surface area contributed by atoms with Crippen LogP contribution in [0.2, 0.25) is 0 Å². The third-order valence-corrected chi connectivity index (χ3v) is 3.91. The maximum atomic E-state index is 5.54. The van der Waals surface area contributed by atoms with E-state index >= 15 is 0 Å². The van der Waals surface area contributed by atoms with Gasteiger partial charge in [-0.05, 0) is 30.0 Å². The van der Waals surface area contributed by atoms with Gasteiger partial charge in [0.1, 0.15) is 0 Å². The van der Waals surface area contributed by atoms with Gasteiger partial charge in [-0.15, -0.1) is 0 Å². The van der Waals surface area contributed by atoms with Crippen LogP contribution in [0, 0.1) is 0 Å². The van der Waals surface area contributed by atoms with Crippen molar-refractivity contribution in [3.05, 3.63) is 47.2 Å². The fourth-order valence-electron chi connectivity index (χ4n) is 3.12. The minimum atomic E-state index is 0.773. The van der Waals surface area contributed by atoms with Gasteiger partial charge in [-0.3, -0.25) is 0 Å². The van der Waals surface area contributed by atoms with E-state index in [-0.39, 0.29) is 0 Å². The van der Waals surface area contributed by atoms with Crippen LogP contribution in [0.4, 0.5) is 0 Å². The molecule has 0 saturated heterocycles. The van der Waals surface area contributed by atoms with Crippen molar-refractivity contribution in [1.82, 2.24) is 4.57 Å². The molecule has 2 heterocycles. The van der Waals surface area contributed by atoms with Crippen molar-refractivity contribution in [3.63, 3.8) is 0 Å². The largest absolute Gasteiger partial charge is 0.373 e. The third-order valence-electron chi connectivity index (χ3n) is 3.91. The number of nitrogens with zero attached hydrogens (tertiary/aromatic N) is 1. The summed E-state index contributed by atoms with van der Waals surface area (Å²) in [6.45, 7) is 2.62. The third kappa shape index (κ3) is 1.31. The number of ether oxygens (including phenoxy) is 1. The topological polar surface area (TPSA) is 14.2 Å². The SMILES string of the molecule is c1ccc2c(c1)CCc1cc3n(c1-2)CCOC3. The molecular formula is C15H15NO. The molecule has 0 fully saturated rings. The van der Waals surface area contributed by atoms with Gasteiger partial charge in [-0.2, -0.15) is 0 Å². The van der Waals surface area contributed by atoms with Crippen molar-refractivity contribution in [2.45, 2.75) is 26.0 Å². The van der Waals surface area contributed by atoms with Crippen LogP contribution in [0.5, 0.6) is 0 Å². The molecule has 1 aliphatic carbocycles. The Morgan fingerprint density at radius 3 is 2.94 bits per heavy atom. The first-order valence-corrected chi connectivity index (χ1v) is 6.31. The van der Waals surface area contributed by atoms with Crippen LogP contribution in [0.3, 0.4) is 0 Å². The Bertz CT molecular complexity index is 583. The average Bonchev–Trinajstić information content (AvgIpc) is 2.77. The van der Waals surface area contributed by atoms with Gasteiger partial charge in [0.25, 0.3) is 0 Å². The van der Waals surface area contributed by atoms with E-state index in [1.807, 2.05) is 0 Å². The number of fused-ring (bicyclic) bond motifs is 5. The molecule has 0 bridgehead atoms. The second kappa shape index (κ2) is 3.47. The summed E-state index contributed by atoms with van der Waals surface area (Å²) in [5, 5.41) is 0. The molecule has 0 saturated carbocycles. The summed E-state index contributed by atoms with van der Waals surface area (Å²) in [6.07, 6.45) is 2.35. The Morgan fingerprint density at radius 2 is 1.94 bits per heavy atom. The summed E-state index contributed by atoms with van der Waals surface area (Å²) >= 11 is 0. The van der Waals surface area contributed by atoms with Gasteiger partial charge in [0.15, 0.2) is 0 Å². The molecule has 4 rings (SSSR count). The molecule has 1 aromatic carbocycles. The van der Waals surface area contributed by atoms with E-state index < -0.39 is 0 Å². The van der Waals surface area contributed by atoms with Crippen LogP contribution >= 0.6 is 0 Å². The minimum absolute atomic E-state index is 0.773. The maximum Gasteiger partial charge on any atom is 0.0868 e. The molecular weight excluding hydrogens is 210 g/mol. The highest BCUT2D eigenvalue weighted by atomic mass is 16.5. The van der Waals surface area contributed by atoms with E-state index in [1.165, 1.54) is 40.9 Å². The van der Waals surface area contributed by atoms with E-state index in [2.05, 4.69) is 34.9 Å². The summed E-state index contributed by atoms with van der Waals surface area (Å²) in [6, 6.07) is 11.2. The molecule has 0 atom stereocenters. The lowest BCUT2D eigenvalue weighted by Crippen LogP contribution is -2.17. The number of aromatic nitrogens is 1. The zero-order chi connectivity index (χ0) is 11.2. The molecule has 0 spiro atoms. The molecule has 17 heavy (non-hydrogen) atoms. The number of rotatable bonds is 0. The van der Waals surface area contributed by atoms with Crippen LogP contribution in [0.1, 0.15) is 16.8 Å². The number of hydrogen-bond donors (Lipinski definition) is 0. The Balaban J connectivity index is 1.99. The monoisotopic (exact) mass is 225 g/mol. The van der Waals surface area contributed by atoms with E-state index in [0.29, 0.717) is 0 Å². The van der Waals surface area contributed by atoms with Crippen molar-refractivity contribution < 1.29 is 4.74 Å². The zero-order valence-electron chi connectivity index (χ0n) is 9.78. The summed E-state index contributed by atoms with van der Waals surface area (Å²) < 4.78 is 8.00. The normalized spacial score (nSPS) is 17.2. The lowest BCUT2D eigenvalue weighted by atomic mass is 9.90. The van der Waals surface area contributed by atoms with E-state index in [4.69, 9.17) is 4.74 Å². The number of aryl methyl sites for hydroxylation is 2. The zero-order valence-corrected chi connectivity index (χ0v) is 9.78. The van der Waals surface area contributed by atoms with Crippen LogP contribution < -0.4 is 0 Å². The van der Waals surface area contributed by atoms with Crippen LogP contribution in [-0.2, 0) is 30.7 Å². The molecule has 86 valence electrons. The number of benzene rings is 1. The van der Waals surface area contributed by atoms with Crippen molar-refractivity contribution in [1.29, 1.82) is 0 Å². The van der Waals surface area contributed by atoms with Gasteiger partial charge in [0, 0.05) is 17.8 Å². The van der Waals surface area contributed by atoms with Crippen LogP contribution in [-0.4, -0.2) is 11.2 Å². The van der Waals surface area contributed by atoms with Crippen LogP contribution in [0.25, 0.3) is 11.3 Å². The Morgan fingerprint density at radius 1 is 1.06 bits per heavy atom. The first-order chi connectivity index (χ1) is 8.43. The molecule has 2 nitrogen and oxygen atoms in total. The lowest BCUT2D eigenvalue weighted by molar-refractivity contribution is 0.0856. The highest BCUT2D eigenvalue weighted by Crippen LogP contribution is 2.36. The fraction of sp³-hybridized carbons (Fsp3) is 0.333. The molecule has 2 heteroatoms. The molecule has 0 amide bonds. The molecule has 1 aromatic heterocycles. The van der Waals surface area contributed by atoms with E-state index in [9.17, 15) is 0 Å². The quantitative estimate of drug-likeness (QED) is 0.672. The summed E-state index contributed by atoms with van der Waals surface area (Å²) in [7, 11) is 0. The summed E-state index contributed by atoms with van der Waals surface area (Å²) in [5.74, 6) is 0.